The molecule has 0 atom stereocenters. The lowest BCUT2D eigenvalue weighted by Crippen LogP contribution is -1.81. The molecule has 11 heavy (non-hydrogen) atoms. The molecule has 0 spiro atoms. The second-order valence-electron chi connectivity index (χ2n) is 2.55. The quantitative estimate of drug-likeness (QED) is 0.613. The van der Waals surface area contributed by atoms with E-state index in [0.717, 1.165) is 12.8 Å². The Morgan fingerprint density at radius 1 is 1.18 bits per heavy atom. The first-order valence-electron chi connectivity index (χ1n) is 3.87. The fraction of sp³-hybridized carbons (Fsp3) is 0.182. The van der Waals surface area contributed by atoms with Gasteiger partial charge in [-0.3, -0.25) is 0 Å². The van der Waals surface area contributed by atoms with E-state index < -0.39 is 0 Å². The van der Waals surface area contributed by atoms with Crippen LogP contribution in [0.4, 0.5) is 0 Å². The molecule has 1 aromatic carbocycles. The lowest BCUT2D eigenvalue weighted by atomic mass is 10.1. The molecule has 0 nitrogen and oxygen atoms in total. The van der Waals surface area contributed by atoms with E-state index in [0.29, 0.717) is 0 Å². The van der Waals surface area contributed by atoms with Crippen molar-refractivity contribution in [3.8, 4) is 0 Å². The molecule has 1 rings (SSSR count). The third-order valence-corrected chi connectivity index (χ3v) is 1.68. The molecule has 0 aliphatic carbocycles. The van der Waals surface area contributed by atoms with Crippen LogP contribution in [0.1, 0.15) is 17.5 Å². The van der Waals surface area contributed by atoms with E-state index in [1.807, 2.05) is 6.08 Å². The molecule has 0 aromatic heterocycles. The Kier molecular flexibility index (Phi) is 2.91. The molecular weight excluding hydrogens is 132 g/mol. The molecule has 1 radical (unpaired) electrons. The SMILES string of the molecule is [CH2]CCc1ccc(C=C)cc1. The molecule has 0 saturated carbocycles. The van der Waals surface area contributed by atoms with Crippen LogP contribution >= 0.6 is 0 Å². The highest BCUT2D eigenvalue weighted by molar-refractivity contribution is 5.47. The van der Waals surface area contributed by atoms with Gasteiger partial charge in [-0.25, -0.2) is 0 Å². The van der Waals surface area contributed by atoms with E-state index in [4.69, 9.17) is 0 Å². The number of hydrogen-bond donors (Lipinski definition) is 0. The summed E-state index contributed by atoms with van der Waals surface area (Å²) in [6.45, 7) is 7.50. The van der Waals surface area contributed by atoms with Gasteiger partial charge in [0.1, 0.15) is 0 Å². The zero-order valence-corrected chi connectivity index (χ0v) is 6.72. The molecule has 0 aliphatic heterocycles. The highest BCUT2D eigenvalue weighted by Gasteiger charge is 1.89. The molecule has 1 aromatic rings. The smallest absolute Gasteiger partial charge is 0.0262 e. The van der Waals surface area contributed by atoms with Crippen LogP contribution in [0, 0.1) is 6.92 Å². The van der Waals surface area contributed by atoms with Crippen LogP contribution in [0.5, 0.6) is 0 Å². The lowest BCUT2D eigenvalue weighted by molar-refractivity contribution is 0.999. The minimum absolute atomic E-state index is 0.966. The van der Waals surface area contributed by atoms with Crippen molar-refractivity contribution in [2.24, 2.45) is 0 Å². The maximum Gasteiger partial charge on any atom is -0.0262 e. The van der Waals surface area contributed by atoms with Gasteiger partial charge in [0.15, 0.2) is 0 Å². The van der Waals surface area contributed by atoms with Crippen molar-refractivity contribution in [1.82, 2.24) is 0 Å². The Bertz CT molecular complexity index is 218. The second-order valence-corrected chi connectivity index (χ2v) is 2.55. The van der Waals surface area contributed by atoms with Crippen molar-refractivity contribution < 1.29 is 0 Å². The summed E-state index contributed by atoms with van der Waals surface area (Å²) in [4.78, 5) is 0. The normalized spacial score (nSPS) is 9.55. The summed E-state index contributed by atoms with van der Waals surface area (Å²) in [6, 6.07) is 8.42. The zero-order chi connectivity index (χ0) is 8.10. The molecule has 0 bridgehead atoms. The first-order chi connectivity index (χ1) is 5.36. The summed E-state index contributed by atoms with van der Waals surface area (Å²) in [6.07, 6.45) is 3.89. The predicted molar refractivity (Wildman–Crippen MR) is 50.2 cm³/mol. The van der Waals surface area contributed by atoms with Crippen LogP contribution in [0.25, 0.3) is 6.08 Å². The van der Waals surface area contributed by atoms with Gasteiger partial charge < -0.3 is 0 Å². The van der Waals surface area contributed by atoms with Crippen molar-refractivity contribution in [1.29, 1.82) is 0 Å². The fourth-order valence-corrected chi connectivity index (χ4v) is 1.02. The van der Waals surface area contributed by atoms with Crippen LogP contribution in [-0.2, 0) is 6.42 Å². The van der Waals surface area contributed by atoms with E-state index in [2.05, 4.69) is 37.8 Å². The van der Waals surface area contributed by atoms with Crippen LogP contribution in [0.2, 0.25) is 0 Å². The lowest BCUT2D eigenvalue weighted by Gasteiger charge is -1.97. The van der Waals surface area contributed by atoms with Crippen LogP contribution in [0.15, 0.2) is 30.8 Å². The third kappa shape index (κ3) is 2.23. The van der Waals surface area contributed by atoms with E-state index >= 15 is 0 Å². The Morgan fingerprint density at radius 3 is 2.27 bits per heavy atom. The van der Waals surface area contributed by atoms with Crippen LogP contribution in [0.3, 0.4) is 0 Å². The standard InChI is InChI=1S/C11H13/c1-3-5-11-8-6-10(4-2)7-9-11/h4,6-9H,1-3,5H2. The summed E-state index contributed by atoms with van der Waals surface area (Å²) < 4.78 is 0. The average Bonchev–Trinajstić information content (AvgIpc) is 2.07. The summed E-state index contributed by atoms with van der Waals surface area (Å²) >= 11 is 0. The van der Waals surface area contributed by atoms with Gasteiger partial charge in [0.2, 0.25) is 0 Å². The maximum absolute atomic E-state index is 3.80. The molecule has 0 heterocycles. The molecule has 0 aliphatic rings. The van der Waals surface area contributed by atoms with Crippen molar-refractivity contribution in [3.05, 3.63) is 48.9 Å². The topological polar surface area (TPSA) is 0 Å². The van der Waals surface area contributed by atoms with Gasteiger partial charge in [-0.1, -0.05) is 43.8 Å². The van der Waals surface area contributed by atoms with Gasteiger partial charge in [-0.2, -0.15) is 0 Å². The second kappa shape index (κ2) is 3.97. The van der Waals surface area contributed by atoms with E-state index in [1.165, 1.54) is 11.1 Å². The Hall–Kier alpha value is -1.04. The molecule has 0 N–H and O–H groups in total. The highest BCUT2D eigenvalue weighted by atomic mass is 13.9. The number of aryl methyl sites for hydroxylation is 1. The highest BCUT2D eigenvalue weighted by Crippen LogP contribution is 2.06. The van der Waals surface area contributed by atoms with E-state index in [9.17, 15) is 0 Å². The predicted octanol–water partition coefficient (Wildman–Crippen LogP) is 3.10. The monoisotopic (exact) mass is 145 g/mol. The first-order valence-corrected chi connectivity index (χ1v) is 3.87. The van der Waals surface area contributed by atoms with Crippen molar-refractivity contribution in [2.75, 3.05) is 0 Å². The number of rotatable bonds is 3. The number of hydrogen-bond acceptors (Lipinski definition) is 0. The van der Waals surface area contributed by atoms with Crippen LogP contribution < -0.4 is 0 Å². The van der Waals surface area contributed by atoms with E-state index in [-0.39, 0.29) is 0 Å². The van der Waals surface area contributed by atoms with Gasteiger partial charge in [0.25, 0.3) is 0 Å². The van der Waals surface area contributed by atoms with E-state index in [1.54, 1.807) is 0 Å². The fourth-order valence-electron chi connectivity index (χ4n) is 1.02. The first kappa shape index (κ1) is 8.06. The molecule has 0 fully saturated rings. The Morgan fingerprint density at radius 2 is 1.82 bits per heavy atom. The van der Waals surface area contributed by atoms with Crippen molar-refractivity contribution in [2.45, 2.75) is 12.8 Å². The Balaban J connectivity index is 2.74. The molecule has 0 heteroatoms. The third-order valence-electron chi connectivity index (χ3n) is 1.68. The van der Waals surface area contributed by atoms with Gasteiger partial charge >= 0.3 is 0 Å². The van der Waals surface area contributed by atoms with Gasteiger partial charge in [0, 0.05) is 0 Å². The van der Waals surface area contributed by atoms with Crippen LogP contribution in [-0.4, -0.2) is 0 Å². The molecule has 57 valence electrons. The zero-order valence-electron chi connectivity index (χ0n) is 6.72. The van der Waals surface area contributed by atoms with Crippen molar-refractivity contribution in [3.63, 3.8) is 0 Å². The summed E-state index contributed by atoms with van der Waals surface area (Å²) in [5, 5.41) is 0. The molecule has 0 amide bonds. The van der Waals surface area contributed by atoms with Crippen molar-refractivity contribution >= 4 is 6.08 Å². The minimum atomic E-state index is 0.966. The summed E-state index contributed by atoms with van der Waals surface area (Å²) in [5.41, 5.74) is 2.53. The van der Waals surface area contributed by atoms with Gasteiger partial charge in [0.05, 0.1) is 0 Å². The van der Waals surface area contributed by atoms with Gasteiger partial charge in [-0.05, 0) is 24.0 Å². The van der Waals surface area contributed by atoms with Gasteiger partial charge in [-0.15, -0.1) is 0 Å². The molecular formula is C11H13. The average molecular weight is 145 g/mol. The largest absolute Gasteiger partial charge is 0.0985 e. The summed E-state index contributed by atoms with van der Waals surface area (Å²) in [7, 11) is 0. The molecule has 0 unspecified atom stereocenters. The minimum Gasteiger partial charge on any atom is -0.0985 e. The maximum atomic E-state index is 3.80. The number of benzene rings is 1. The molecule has 0 saturated heterocycles. The summed E-state index contributed by atoms with van der Waals surface area (Å²) in [5.74, 6) is 0. The Labute approximate surface area is 68.6 Å².